The van der Waals surface area contributed by atoms with Crippen LogP contribution < -0.4 is 5.32 Å². The van der Waals surface area contributed by atoms with Crippen molar-refractivity contribution in [3.8, 4) is 0 Å². The van der Waals surface area contributed by atoms with Crippen LogP contribution in [0.3, 0.4) is 0 Å². The Labute approximate surface area is 84.6 Å². The summed E-state index contributed by atoms with van der Waals surface area (Å²) in [5.74, 6) is 0.139. The monoisotopic (exact) mass is 192 g/mol. The first-order valence-electron chi connectivity index (χ1n) is 4.95. The van der Waals surface area contributed by atoms with Crippen LogP contribution in [0.25, 0.3) is 0 Å². The predicted octanol–water partition coefficient (Wildman–Crippen LogP) is 2.46. The van der Waals surface area contributed by atoms with Crippen molar-refractivity contribution < 1.29 is 4.79 Å². The van der Waals surface area contributed by atoms with Crippen LogP contribution in [0.15, 0.2) is 24.5 Å². The molecule has 1 aromatic heterocycles. The van der Waals surface area contributed by atoms with Gasteiger partial charge in [0.2, 0.25) is 5.91 Å². The first-order valence-corrected chi connectivity index (χ1v) is 4.95. The van der Waals surface area contributed by atoms with Crippen LogP contribution in [0.5, 0.6) is 0 Å². The maximum atomic E-state index is 11.6. The Morgan fingerprint density at radius 3 is 3.00 bits per heavy atom. The number of aromatic nitrogens is 1. The smallest absolute Gasteiger partial charge is 0.227 e. The van der Waals surface area contributed by atoms with Crippen molar-refractivity contribution in [3.05, 3.63) is 24.5 Å². The SMILES string of the molecule is CCCC(C)C(=O)Nc1cccnc1. The summed E-state index contributed by atoms with van der Waals surface area (Å²) in [6, 6.07) is 3.64. The Morgan fingerprint density at radius 2 is 2.43 bits per heavy atom. The molecule has 1 N–H and O–H groups in total. The van der Waals surface area contributed by atoms with E-state index in [4.69, 9.17) is 0 Å². The second-order valence-electron chi connectivity index (χ2n) is 3.42. The fourth-order valence-corrected chi connectivity index (χ4v) is 1.27. The second kappa shape index (κ2) is 5.37. The zero-order chi connectivity index (χ0) is 10.4. The number of carbonyl (C=O) groups is 1. The van der Waals surface area contributed by atoms with Crippen LogP contribution in [0.4, 0.5) is 5.69 Å². The Hall–Kier alpha value is -1.38. The third kappa shape index (κ3) is 3.17. The number of hydrogen-bond acceptors (Lipinski definition) is 2. The summed E-state index contributed by atoms with van der Waals surface area (Å²) in [5, 5.41) is 2.83. The van der Waals surface area contributed by atoms with Crippen molar-refractivity contribution in [2.45, 2.75) is 26.7 Å². The molecule has 0 fully saturated rings. The van der Waals surface area contributed by atoms with E-state index in [1.807, 2.05) is 13.0 Å². The molecule has 14 heavy (non-hydrogen) atoms. The molecule has 1 unspecified atom stereocenters. The molecule has 0 aliphatic heterocycles. The molecule has 3 nitrogen and oxygen atoms in total. The number of amides is 1. The van der Waals surface area contributed by atoms with Crippen molar-refractivity contribution in [1.82, 2.24) is 4.98 Å². The van der Waals surface area contributed by atoms with Crippen molar-refractivity contribution in [1.29, 1.82) is 0 Å². The molecule has 0 aromatic carbocycles. The summed E-state index contributed by atoms with van der Waals surface area (Å²) in [6.45, 7) is 4.02. The summed E-state index contributed by atoms with van der Waals surface area (Å²) in [4.78, 5) is 15.5. The van der Waals surface area contributed by atoms with Gasteiger partial charge in [-0.2, -0.15) is 0 Å². The zero-order valence-corrected chi connectivity index (χ0v) is 8.66. The highest BCUT2D eigenvalue weighted by atomic mass is 16.1. The average molecular weight is 192 g/mol. The molecule has 1 amide bonds. The first-order chi connectivity index (χ1) is 6.74. The second-order valence-corrected chi connectivity index (χ2v) is 3.42. The fourth-order valence-electron chi connectivity index (χ4n) is 1.27. The maximum absolute atomic E-state index is 11.6. The van der Waals surface area contributed by atoms with E-state index in [2.05, 4.69) is 17.2 Å². The lowest BCUT2D eigenvalue weighted by Crippen LogP contribution is -2.20. The fraction of sp³-hybridized carbons (Fsp3) is 0.455. The van der Waals surface area contributed by atoms with Gasteiger partial charge in [-0.25, -0.2) is 0 Å². The van der Waals surface area contributed by atoms with E-state index in [9.17, 15) is 4.79 Å². The van der Waals surface area contributed by atoms with Gasteiger partial charge in [0.05, 0.1) is 11.9 Å². The number of nitrogens with one attached hydrogen (secondary N) is 1. The first kappa shape index (κ1) is 10.7. The van der Waals surface area contributed by atoms with E-state index < -0.39 is 0 Å². The van der Waals surface area contributed by atoms with Gasteiger partial charge >= 0.3 is 0 Å². The summed E-state index contributed by atoms with van der Waals surface area (Å²) in [5.41, 5.74) is 0.764. The molecule has 1 rings (SSSR count). The lowest BCUT2D eigenvalue weighted by molar-refractivity contribution is -0.119. The van der Waals surface area contributed by atoms with Gasteiger partial charge in [-0.15, -0.1) is 0 Å². The molecule has 3 heteroatoms. The van der Waals surface area contributed by atoms with Crippen LogP contribution in [0.2, 0.25) is 0 Å². The van der Waals surface area contributed by atoms with Crippen LogP contribution in [-0.4, -0.2) is 10.9 Å². The number of pyridine rings is 1. The summed E-state index contributed by atoms with van der Waals surface area (Å²) in [6.07, 6.45) is 5.29. The molecule has 0 radical (unpaired) electrons. The molecule has 0 bridgehead atoms. The normalized spacial score (nSPS) is 12.1. The largest absolute Gasteiger partial charge is 0.324 e. The standard InChI is InChI=1S/C11H16N2O/c1-3-5-9(2)11(14)13-10-6-4-7-12-8-10/h4,6-9H,3,5H2,1-2H3,(H,13,14). The van der Waals surface area contributed by atoms with Crippen LogP contribution in [0, 0.1) is 5.92 Å². The van der Waals surface area contributed by atoms with E-state index >= 15 is 0 Å². The van der Waals surface area contributed by atoms with Gasteiger partial charge in [0.25, 0.3) is 0 Å². The molecular formula is C11H16N2O. The molecule has 1 heterocycles. The Balaban J connectivity index is 2.49. The highest BCUT2D eigenvalue weighted by Gasteiger charge is 2.11. The lowest BCUT2D eigenvalue weighted by Gasteiger charge is -2.10. The lowest BCUT2D eigenvalue weighted by atomic mass is 10.1. The number of hydrogen-bond donors (Lipinski definition) is 1. The van der Waals surface area contributed by atoms with E-state index in [1.165, 1.54) is 0 Å². The predicted molar refractivity (Wildman–Crippen MR) is 56.9 cm³/mol. The van der Waals surface area contributed by atoms with Gasteiger partial charge in [-0.1, -0.05) is 20.3 Å². The van der Waals surface area contributed by atoms with Crippen LogP contribution >= 0.6 is 0 Å². The topological polar surface area (TPSA) is 42.0 Å². The Morgan fingerprint density at radius 1 is 1.64 bits per heavy atom. The van der Waals surface area contributed by atoms with Gasteiger partial charge in [0.15, 0.2) is 0 Å². The Kier molecular flexibility index (Phi) is 4.11. The average Bonchev–Trinajstić information content (AvgIpc) is 2.19. The van der Waals surface area contributed by atoms with Crippen LogP contribution in [0.1, 0.15) is 26.7 Å². The van der Waals surface area contributed by atoms with E-state index in [-0.39, 0.29) is 11.8 Å². The molecule has 0 spiro atoms. The summed E-state index contributed by atoms with van der Waals surface area (Å²) >= 11 is 0. The van der Waals surface area contributed by atoms with E-state index in [0.29, 0.717) is 0 Å². The molecular weight excluding hydrogens is 176 g/mol. The number of carbonyl (C=O) groups excluding carboxylic acids is 1. The van der Waals surface area contributed by atoms with E-state index in [0.717, 1.165) is 18.5 Å². The van der Waals surface area contributed by atoms with Crippen molar-refractivity contribution in [2.75, 3.05) is 5.32 Å². The van der Waals surface area contributed by atoms with Gasteiger partial charge in [-0.05, 0) is 18.6 Å². The van der Waals surface area contributed by atoms with Crippen molar-refractivity contribution in [2.24, 2.45) is 5.92 Å². The van der Waals surface area contributed by atoms with E-state index in [1.54, 1.807) is 18.5 Å². The number of rotatable bonds is 4. The quantitative estimate of drug-likeness (QED) is 0.796. The van der Waals surface area contributed by atoms with Crippen LogP contribution in [-0.2, 0) is 4.79 Å². The van der Waals surface area contributed by atoms with Gasteiger partial charge in [-0.3, -0.25) is 9.78 Å². The molecule has 0 aliphatic carbocycles. The molecule has 0 saturated carbocycles. The van der Waals surface area contributed by atoms with Gasteiger partial charge in [0, 0.05) is 12.1 Å². The summed E-state index contributed by atoms with van der Waals surface area (Å²) < 4.78 is 0. The third-order valence-corrected chi connectivity index (χ3v) is 2.10. The van der Waals surface area contributed by atoms with Crippen molar-refractivity contribution in [3.63, 3.8) is 0 Å². The molecule has 76 valence electrons. The van der Waals surface area contributed by atoms with Crippen molar-refractivity contribution >= 4 is 11.6 Å². The van der Waals surface area contributed by atoms with Gasteiger partial charge in [0.1, 0.15) is 0 Å². The van der Waals surface area contributed by atoms with Gasteiger partial charge < -0.3 is 5.32 Å². The highest BCUT2D eigenvalue weighted by molar-refractivity contribution is 5.92. The minimum atomic E-state index is 0.0693. The minimum absolute atomic E-state index is 0.0693. The number of nitrogens with zero attached hydrogens (tertiary/aromatic N) is 1. The highest BCUT2D eigenvalue weighted by Crippen LogP contribution is 2.09. The minimum Gasteiger partial charge on any atom is -0.324 e. The number of anilines is 1. The maximum Gasteiger partial charge on any atom is 0.227 e. The molecule has 1 aromatic rings. The molecule has 0 aliphatic rings. The summed E-state index contributed by atoms with van der Waals surface area (Å²) in [7, 11) is 0. The third-order valence-electron chi connectivity index (χ3n) is 2.10. The molecule has 1 atom stereocenters. The molecule has 0 saturated heterocycles. The zero-order valence-electron chi connectivity index (χ0n) is 8.66. The Bertz CT molecular complexity index is 285.